The smallest absolute Gasteiger partial charge is 0.322 e. The number of pyridine rings is 3. The minimum atomic E-state index is -0.644. The first-order valence-electron chi connectivity index (χ1n) is 12.6. The van der Waals surface area contributed by atoms with Crippen LogP contribution >= 0.6 is 12.4 Å². The summed E-state index contributed by atoms with van der Waals surface area (Å²) in [6.45, 7) is 1.74. The average molecular weight is 593 g/mol. The molecule has 0 unspecified atom stereocenters. The first-order valence-corrected chi connectivity index (χ1v) is 12.6. The van der Waals surface area contributed by atoms with Crippen molar-refractivity contribution in [3.05, 3.63) is 102 Å². The second-order valence-electron chi connectivity index (χ2n) is 9.51. The van der Waals surface area contributed by atoms with E-state index in [4.69, 9.17) is 4.74 Å². The molecule has 6 rings (SSSR count). The molecule has 216 valence electrons. The standard InChI is InChI=1S/C29H23FN6O4.ClH.H2O/c1-17-2-11-23(36(39)27(17)18-5-7-20(30)8-6-18)29(38)33-24-12-9-21(14-31-24)40-22-10-13-26-32-25(16-35(26)15-22)34-28(37)19-3-4-19;;/h2,5-16,19H,3-4H2,1H3,(H,34,37)(H,31,33,38);1H;1H2. The number of carbonyl (C=O) groups is 2. The predicted molar refractivity (Wildman–Crippen MR) is 155 cm³/mol. The van der Waals surface area contributed by atoms with Gasteiger partial charge in [0, 0.05) is 23.1 Å². The highest BCUT2D eigenvalue weighted by atomic mass is 35.5. The van der Waals surface area contributed by atoms with Crippen molar-refractivity contribution in [2.24, 2.45) is 5.92 Å². The van der Waals surface area contributed by atoms with Gasteiger partial charge in [-0.2, -0.15) is 4.73 Å². The Morgan fingerprint density at radius 1 is 0.976 bits per heavy atom. The van der Waals surface area contributed by atoms with Crippen LogP contribution in [-0.2, 0) is 4.79 Å². The normalized spacial score (nSPS) is 12.1. The third-order valence-corrected chi connectivity index (χ3v) is 6.47. The second-order valence-corrected chi connectivity index (χ2v) is 9.51. The molecule has 0 spiro atoms. The number of nitrogens with zero attached hydrogens (tertiary/aromatic N) is 4. The van der Waals surface area contributed by atoms with E-state index >= 15 is 0 Å². The topological polar surface area (TPSA) is 156 Å². The van der Waals surface area contributed by atoms with E-state index < -0.39 is 11.7 Å². The number of carbonyl (C=O) groups excluding carboxylic acids is 2. The highest BCUT2D eigenvalue weighted by Gasteiger charge is 2.30. The summed E-state index contributed by atoms with van der Waals surface area (Å²) in [5, 5.41) is 18.5. The van der Waals surface area contributed by atoms with Crippen LogP contribution in [0.2, 0.25) is 0 Å². The van der Waals surface area contributed by atoms with E-state index in [1.54, 1.807) is 54.0 Å². The molecule has 1 aliphatic rings. The fraction of sp³-hybridized carbons (Fsp3) is 0.138. The summed E-state index contributed by atoms with van der Waals surface area (Å²) in [4.78, 5) is 33.5. The number of rotatable bonds is 7. The number of fused-ring (bicyclic) bond motifs is 1. The summed E-state index contributed by atoms with van der Waals surface area (Å²) in [5.74, 6) is 0.652. The van der Waals surface area contributed by atoms with Crippen molar-refractivity contribution >= 4 is 41.5 Å². The zero-order valence-corrected chi connectivity index (χ0v) is 23.0. The van der Waals surface area contributed by atoms with Crippen LogP contribution in [0.1, 0.15) is 28.9 Å². The van der Waals surface area contributed by atoms with Crippen LogP contribution in [0.25, 0.3) is 16.9 Å². The number of nitrogens with one attached hydrogen (secondary N) is 2. The van der Waals surface area contributed by atoms with Crippen LogP contribution in [0.15, 0.2) is 79.3 Å². The van der Waals surface area contributed by atoms with Gasteiger partial charge in [0.2, 0.25) is 11.6 Å². The monoisotopic (exact) mass is 592 g/mol. The van der Waals surface area contributed by atoms with Crippen molar-refractivity contribution in [3.8, 4) is 22.8 Å². The van der Waals surface area contributed by atoms with Crippen LogP contribution in [0.3, 0.4) is 0 Å². The molecule has 5 aromatic rings. The Bertz CT molecular complexity index is 1760. The number of halogens is 2. The molecule has 1 aromatic carbocycles. The Morgan fingerprint density at radius 3 is 2.40 bits per heavy atom. The van der Waals surface area contributed by atoms with Gasteiger partial charge in [-0.05, 0) is 74.4 Å². The SMILES string of the molecule is Cc1ccc(C(=O)Nc2ccc(Oc3ccc4nc(NC(=O)C5CC5)cn4c3)cn2)[n+]([O-])c1-c1ccc(F)cc1.Cl.O. The summed E-state index contributed by atoms with van der Waals surface area (Å²) in [5.41, 5.74) is 1.93. The van der Waals surface area contributed by atoms with Gasteiger partial charge in [-0.25, -0.2) is 14.4 Å². The molecule has 42 heavy (non-hydrogen) atoms. The van der Waals surface area contributed by atoms with Crippen molar-refractivity contribution in [2.45, 2.75) is 19.8 Å². The molecule has 0 atom stereocenters. The van der Waals surface area contributed by atoms with Crippen LogP contribution < -0.4 is 20.1 Å². The minimum absolute atomic E-state index is 0. The van der Waals surface area contributed by atoms with Crippen molar-refractivity contribution < 1.29 is 28.9 Å². The first-order chi connectivity index (χ1) is 19.3. The lowest BCUT2D eigenvalue weighted by Gasteiger charge is -2.12. The highest BCUT2D eigenvalue weighted by Crippen LogP contribution is 2.30. The fourth-order valence-electron chi connectivity index (χ4n) is 4.25. The van der Waals surface area contributed by atoms with E-state index in [9.17, 15) is 19.2 Å². The predicted octanol–water partition coefficient (Wildman–Crippen LogP) is 4.47. The summed E-state index contributed by atoms with van der Waals surface area (Å²) < 4.78 is 21.5. The molecule has 0 saturated heterocycles. The van der Waals surface area contributed by atoms with Gasteiger partial charge < -0.3 is 30.5 Å². The maximum atomic E-state index is 13.3. The molecular formula is C29H26ClFN6O5. The number of aromatic nitrogens is 4. The zero-order valence-electron chi connectivity index (χ0n) is 22.2. The van der Waals surface area contributed by atoms with Crippen LogP contribution in [-0.4, -0.2) is 31.7 Å². The Labute approximate surface area is 245 Å². The van der Waals surface area contributed by atoms with Gasteiger partial charge in [0.25, 0.3) is 5.69 Å². The lowest BCUT2D eigenvalue weighted by Crippen LogP contribution is -2.39. The summed E-state index contributed by atoms with van der Waals surface area (Å²) >= 11 is 0. The van der Waals surface area contributed by atoms with E-state index in [0.717, 1.165) is 12.8 Å². The summed E-state index contributed by atoms with van der Waals surface area (Å²) in [6.07, 6.45) is 6.72. The number of hydrogen-bond donors (Lipinski definition) is 2. The Hall–Kier alpha value is -5.07. The van der Waals surface area contributed by atoms with E-state index in [2.05, 4.69) is 20.6 Å². The van der Waals surface area contributed by atoms with Crippen molar-refractivity contribution in [1.29, 1.82) is 0 Å². The molecule has 0 bridgehead atoms. The van der Waals surface area contributed by atoms with Gasteiger partial charge in [0.15, 0.2) is 5.82 Å². The highest BCUT2D eigenvalue weighted by molar-refractivity contribution is 6.01. The fourth-order valence-corrected chi connectivity index (χ4v) is 4.25. The van der Waals surface area contributed by atoms with E-state index in [-0.39, 0.29) is 46.9 Å². The molecular weight excluding hydrogens is 567 g/mol. The van der Waals surface area contributed by atoms with Crippen LogP contribution in [0.5, 0.6) is 11.5 Å². The van der Waals surface area contributed by atoms with Crippen molar-refractivity contribution in [3.63, 3.8) is 0 Å². The molecule has 1 fully saturated rings. The third kappa shape index (κ3) is 6.29. The molecule has 4 N–H and O–H groups in total. The maximum Gasteiger partial charge on any atom is 0.322 e. The van der Waals surface area contributed by atoms with Gasteiger partial charge in [-0.1, -0.05) is 0 Å². The molecule has 2 amide bonds. The number of aryl methyl sites for hydroxylation is 1. The first kappa shape index (κ1) is 29.9. The quantitative estimate of drug-likeness (QED) is 0.210. The summed E-state index contributed by atoms with van der Waals surface area (Å²) in [6, 6.07) is 15.3. The van der Waals surface area contributed by atoms with Gasteiger partial charge in [0.05, 0.1) is 18.6 Å². The Morgan fingerprint density at radius 2 is 1.71 bits per heavy atom. The average Bonchev–Trinajstić information content (AvgIpc) is 3.71. The summed E-state index contributed by atoms with van der Waals surface area (Å²) in [7, 11) is 0. The number of imidazole rings is 1. The molecule has 4 heterocycles. The number of ether oxygens (including phenoxy) is 1. The van der Waals surface area contributed by atoms with Crippen molar-refractivity contribution in [2.75, 3.05) is 10.6 Å². The number of hydrogen-bond acceptors (Lipinski definition) is 6. The number of anilines is 2. The Balaban J connectivity index is 0.00000202. The zero-order chi connectivity index (χ0) is 27.8. The molecule has 0 radical (unpaired) electrons. The van der Waals surface area contributed by atoms with Crippen LogP contribution in [0, 0.1) is 23.9 Å². The van der Waals surface area contributed by atoms with Gasteiger partial charge in [-0.15, -0.1) is 12.4 Å². The largest absolute Gasteiger partial charge is 0.618 e. The molecule has 0 aliphatic heterocycles. The van der Waals surface area contributed by atoms with E-state index in [1.807, 2.05) is 0 Å². The van der Waals surface area contributed by atoms with E-state index in [0.29, 0.717) is 38.8 Å². The molecule has 1 saturated carbocycles. The van der Waals surface area contributed by atoms with Crippen LogP contribution in [0.4, 0.5) is 16.0 Å². The Kier molecular flexibility index (Phi) is 8.69. The van der Waals surface area contributed by atoms with Gasteiger partial charge in [0.1, 0.15) is 28.8 Å². The molecule has 4 aromatic heterocycles. The number of amides is 2. The molecule has 13 heteroatoms. The maximum absolute atomic E-state index is 13.3. The van der Waals surface area contributed by atoms with Gasteiger partial charge >= 0.3 is 5.91 Å². The minimum Gasteiger partial charge on any atom is -0.618 e. The number of benzene rings is 1. The second kappa shape index (κ2) is 12.2. The van der Waals surface area contributed by atoms with Gasteiger partial charge in [-0.3, -0.25) is 9.59 Å². The lowest BCUT2D eigenvalue weighted by molar-refractivity contribution is -0.596. The van der Waals surface area contributed by atoms with E-state index in [1.165, 1.54) is 36.5 Å². The third-order valence-electron chi connectivity index (χ3n) is 6.47. The molecule has 1 aliphatic carbocycles. The lowest BCUT2D eigenvalue weighted by atomic mass is 10.1. The molecule has 11 nitrogen and oxygen atoms in total. The van der Waals surface area contributed by atoms with Crippen molar-refractivity contribution in [1.82, 2.24) is 14.4 Å².